The van der Waals surface area contributed by atoms with Crippen LogP contribution in [0.4, 0.5) is 4.39 Å². The van der Waals surface area contributed by atoms with E-state index in [0.717, 1.165) is 5.56 Å². The Morgan fingerprint density at radius 3 is 2.50 bits per heavy atom. The van der Waals surface area contributed by atoms with Gasteiger partial charge in [0.15, 0.2) is 18.1 Å². The summed E-state index contributed by atoms with van der Waals surface area (Å²) in [6.45, 7) is 2.82. The fraction of sp³-hybridized carbons (Fsp3) is 0.391. The first kappa shape index (κ1) is 24.0. The number of rotatable bonds is 7. The maximum atomic E-state index is 13.5. The van der Waals surface area contributed by atoms with E-state index >= 15 is 0 Å². The highest BCUT2D eigenvalue weighted by atomic mass is 79.9. The molecule has 2 aromatic carbocycles. The summed E-state index contributed by atoms with van der Waals surface area (Å²) in [6.07, 6.45) is -0.118. The smallest absolute Gasteiger partial charge is 0.341 e. The van der Waals surface area contributed by atoms with Crippen molar-refractivity contribution >= 4 is 27.8 Å². The molecule has 7 nitrogen and oxygen atoms in total. The van der Waals surface area contributed by atoms with Gasteiger partial charge >= 0.3 is 5.97 Å². The van der Waals surface area contributed by atoms with E-state index in [-0.39, 0.29) is 17.5 Å². The zero-order valence-corrected chi connectivity index (χ0v) is 19.6. The van der Waals surface area contributed by atoms with Crippen LogP contribution in [-0.4, -0.2) is 36.2 Å². The Kier molecular flexibility index (Phi) is 7.40. The summed E-state index contributed by atoms with van der Waals surface area (Å²) in [5, 5.41) is 12.1. The van der Waals surface area contributed by atoms with Crippen LogP contribution >= 0.6 is 15.9 Å². The summed E-state index contributed by atoms with van der Waals surface area (Å²) in [5.74, 6) is -1.05. The second kappa shape index (κ2) is 9.87. The van der Waals surface area contributed by atoms with E-state index in [1.165, 1.54) is 26.2 Å². The Labute approximate surface area is 194 Å². The summed E-state index contributed by atoms with van der Waals surface area (Å²) < 4.78 is 31.6. The molecule has 32 heavy (non-hydrogen) atoms. The van der Waals surface area contributed by atoms with Gasteiger partial charge in [0.1, 0.15) is 5.82 Å². The van der Waals surface area contributed by atoms with Crippen molar-refractivity contribution in [2.45, 2.75) is 44.4 Å². The second-order valence-corrected chi connectivity index (χ2v) is 8.94. The zero-order chi connectivity index (χ0) is 23.5. The predicted molar refractivity (Wildman–Crippen MR) is 118 cm³/mol. The van der Waals surface area contributed by atoms with Crippen LogP contribution in [0.25, 0.3) is 0 Å². The Morgan fingerprint density at radius 2 is 1.91 bits per heavy atom. The number of aliphatic carboxylic acids is 1. The number of methoxy groups -OCH3 is 1. The number of hydrogen-bond acceptors (Lipinski definition) is 5. The number of carboxylic acid groups (broad SMARTS) is 1. The summed E-state index contributed by atoms with van der Waals surface area (Å²) in [4.78, 5) is 23.1. The molecular formula is C23H25BrFNO6. The minimum Gasteiger partial charge on any atom is -0.493 e. The molecule has 2 aromatic rings. The molecule has 3 rings (SSSR count). The lowest BCUT2D eigenvalue weighted by Gasteiger charge is -2.43. The van der Waals surface area contributed by atoms with E-state index < -0.39 is 30.3 Å². The van der Waals surface area contributed by atoms with Gasteiger partial charge in [-0.15, -0.1) is 0 Å². The number of carboxylic acids is 1. The number of amides is 1. The van der Waals surface area contributed by atoms with Gasteiger partial charge in [0, 0.05) is 35.3 Å². The van der Waals surface area contributed by atoms with E-state index in [2.05, 4.69) is 21.2 Å². The molecule has 0 unspecified atom stereocenters. The Bertz CT molecular complexity index is 999. The first-order valence-corrected chi connectivity index (χ1v) is 10.8. The maximum Gasteiger partial charge on any atom is 0.341 e. The highest BCUT2D eigenvalue weighted by molar-refractivity contribution is 9.10. The number of carbonyl (C=O) groups is 2. The molecule has 0 aliphatic carbocycles. The minimum atomic E-state index is -1.13. The molecule has 0 spiro atoms. The Balaban J connectivity index is 2.05. The molecule has 1 aliphatic rings. The highest BCUT2D eigenvalue weighted by Crippen LogP contribution is 2.48. The molecule has 0 aromatic heterocycles. The van der Waals surface area contributed by atoms with Crippen LogP contribution in [0.15, 0.2) is 40.9 Å². The van der Waals surface area contributed by atoms with Crippen LogP contribution in [0.2, 0.25) is 0 Å². The lowest BCUT2D eigenvalue weighted by Crippen LogP contribution is -2.50. The second-order valence-electron chi connectivity index (χ2n) is 8.02. The van der Waals surface area contributed by atoms with Crippen LogP contribution < -0.4 is 14.8 Å². The molecule has 2 N–H and O–H groups in total. The standard InChI is InChI=1S/C23H25BrFNO6/c1-13(27)26-23(2)10-19(14-4-6-16(25)7-5-14)32-20(11-23)17-8-15(24)9-18(30-3)22(17)31-12-21(28)29/h4-9,19-20H,10-12H2,1-3H3,(H,26,27)(H,28,29)/t19-,20+,23+/m0/s1. The van der Waals surface area contributed by atoms with Crippen molar-refractivity contribution in [3.8, 4) is 11.5 Å². The molecule has 0 radical (unpaired) electrons. The summed E-state index contributed by atoms with van der Waals surface area (Å²) >= 11 is 3.45. The van der Waals surface area contributed by atoms with Crippen LogP contribution in [0.3, 0.4) is 0 Å². The topological polar surface area (TPSA) is 94.1 Å². The van der Waals surface area contributed by atoms with E-state index in [1.807, 2.05) is 6.92 Å². The van der Waals surface area contributed by atoms with Gasteiger partial charge in [0.05, 0.1) is 19.3 Å². The normalized spacial score (nSPS) is 22.8. The molecule has 1 aliphatic heterocycles. The Morgan fingerprint density at radius 1 is 1.25 bits per heavy atom. The number of ether oxygens (including phenoxy) is 3. The van der Waals surface area contributed by atoms with Crippen molar-refractivity contribution in [1.82, 2.24) is 5.32 Å². The van der Waals surface area contributed by atoms with Gasteiger partial charge in [-0.2, -0.15) is 0 Å². The first-order valence-electron chi connectivity index (χ1n) is 10.0. The van der Waals surface area contributed by atoms with E-state index in [9.17, 15) is 14.0 Å². The van der Waals surface area contributed by atoms with Gasteiger partial charge in [-0.1, -0.05) is 28.1 Å². The summed E-state index contributed by atoms with van der Waals surface area (Å²) in [6, 6.07) is 9.49. The van der Waals surface area contributed by atoms with E-state index in [1.54, 1.807) is 24.3 Å². The number of nitrogens with one attached hydrogen (secondary N) is 1. The highest BCUT2D eigenvalue weighted by Gasteiger charge is 2.41. The summed E-state index contributed by atoms with van der Waals surface area (Å²) in [5.41, 5.74) is 0.719. The van der Waals surface area contributed by atoms with E-state index in [0.29, 0.717) is 28.6 Å². The number of halogens is 2. The van der Waals surface area contributed by atoms with Crippen LogP contribution in [0.1, 0.15) is 50.0 Å². The molecule has 1 amide bonds. The SMILES string of the molecule is COc1cc(Br)cc([C@H]2C[C@](C)(NC(C)=O)C[C@@H](c3ccc(F)cc3)O2)c1OCC(=O)O. The van der Waals surface area contributed by atoms with Gasteiger partial charge in [-0.05, 0) is 36.8 Å². The van der Waals surface area contributed by atoms with Gasteiger partial charge in [-0.25, -0.2) is 9.18 Å². The van der Waals surface area contributed by atoms with Gasteiger partial charge in [0.25, 0.3) is 0 Å². The average molecular weight is 510 g/mol. The largest absolute Gasteiger partial charge is 0.493 e. The van der Waals surface area contributed by atoms with Crippen molar-refractivity contribution in [3.63, 3.8) is 0 Å². The van der Waals surface area contributed by atoms with Gasteiger partial charge in [-0.3, -0.25) is 4.79 Å². The molecule has 0 bridgehead atoms. The van der Waals surface area contributed by atoms with Crippen molar-refractivity contribution in [2.75, 3.05) is 13.7 Å². The molecule has 3 atom stereocenters. The molecule has 1 heterocycles. The molecule has 172 valence electrons. The molecular weight excluding hydrogens is 485 g/mol. The predicted octanol–water partition coefficient (Wildman–Crippen LogP) is 4.55. The van der Waals surface area contributed by atoms with Crippen LogP contribution in [0, 0.1) is 5.82 Å². The molecule has 1 saturated heterocycles. The Hall–Kier alpha value is -2.65. The monoisotopic (exact) mass is 509 g/mol. The lowest BCUT2D eigenvalue weighted by molar-refractivity contribution is -0.139. The van der Waals surface area contributed by atoms with Crippen molar-refractivity contribution in [1.29, 1.82) is 0 Å². The van der Waals surface area contributed by atoms with Crippen LogP contribution in [0.5, 0.6) is 11.5 Å². The molecule has 9 heteroatoms. The summed E-state index contributed by atoms with van der Waals surface area (Å²) in [7, 11) is 1.46. The quantitative estimate of drug-likeness (QED) is 0.568. The maximum absolute atomic E-state index is 13.5. The number of carbonyl (C=O) groups excluding carboxylic acids is 1. The third kappa shape index (κ3) is 5.77. The molecule has 1 fully saturated rings. The fourth-order valence-electron chi connectivity index (χ4n) is 4.05. The van der Waals surface area contributed by atoms with Crippen LogP contribution in [-0.2, 0) is 14.3 Å². The zero-order valence-electron chi connectivity index (χ0n) is 18.0. The fourth-order valence-corrected chi connectivity index (χ4v) is 4.50. The third-order valence-corrected chi connectivity index (χ3v) is 5.73. The average Bonchev–Trinajstić information content (AvgIpc) is 2.71. The molecule has 0 saturated carbocycles. The van der Waals surface area contributed by atoms with Crippen molar-refractivity contribution in [3.05, 3.63) is 57.8 Å². The lowest BCUT2D eigenvalue weighted by atomic mass is 9.81. The van der Waals surface area contributed by atoms with E-state index in [4.69, 9.17) is 19.3 Å². The number of benzene rings is 2. The van der Waals surface area contributed by atoms with Crippen molar-refractivity contribution in [2.24, 2.45) is 0 Å². The first-order chi connectivity index (χ1) is 15.1. The third-order valence-electron chi connectivity index (χ3n) is 5.28. The minimum absolute atomic E-state index is 0.180. The van der Waals surface area contributed by atoms with Gasteiger partial charge < -0.3 is 24.6 Å². The van der Waals surface area contributed by atoms with Crippen molar-refractivity contribution < 1.29 is 33.3 Å². The number of hydrogen-bond donors (Lipinski definition) is 2. The van der Waals surface area contributed by atoms with Gasteiger partial charge in [0.2, 0.25) is 5.91 Å².